The predicted octanol–water partition coefficient (Wildman–Crippen LogP) is 15.7. The number of nitrogens with zero attached hydrogens (tertiary/aromatic N) is 4. The smallest absolute Gasteiger partial charge is 0.235 e. The van der Waals surface area contributed by atoms with Crippen molar-refractivity contribution >= 4 is 75.9 Å². The molecule has 0 spiro atoms. The van der Waals surface area contributed by atoms with E-state index >= 15 is 0 Å². The van der Waals surface area contributed by atoms with Gasteiger partial charge in [0, 0.05) is 48.6 Å². The second kappa shape index (κ2) is 14.2. The molecule has 0 saturated heterocycles. The first-order valence-electron chi connectivity index (χ1n) is 21.3. The van der Waals surface area contributed by atoms with Crippen molar-refractivity contribution in [2.24, 2.45) is 0 Å². The molecule has 0 saturated carbocycles. The Kier molecular flexibility index (Phi) is 8.05. The van der Waals surface area contributed by atoms with Gasteiger partial charge in [0.1, 0.15) is 0 Å². The van der Waals surface area contributed by atoms with E-state index in [2.05, 4.69) is 228 Å². The van der Waals surface area contributed by atoms with Crippen LogP contribution in [0.25, 0.3) is 120 Å². The average molecular weight is 821 g/mol. The van der Waals surface area contributed by atoms with Gasteiger partial charge < -0.3 is 4.57 Å². The highest BCUT2D eigenvalue weighted by Crippen LogP contribution is 2.48. The number of rotatable bonds is 6. The minimum absolute atomic E-state index is 0.646. The van der Waals surface area contributed by atoms with Crippen molar-refractivity contribution in [1.82, 2.24) is 19.1 Å². The second-order valence-corrected chi connectivity index (χ2v) is 17.1. The number of hydrogen-bond donors (Lipinski definition) is 0. The Hall–Kier alpha value is -8.12. The number of thiophene rings is 1. The van der Waals surface area contributed by atoms with Gasteiger partial charge in [-0.25, -0.2) is 9.97 Å². The largest absolute Gasteiger partial charge is 0.309 e. The van der Waals surface area contributed by atoms with Crippen molar-refractivity contribution in [3.05, 3.63) is 218 Å². The molecule has 9 aromatic carbocycles. The highest BCUT2D eigenvalue weighted by Gasteiger charge is 2.25. The second-order valence-electron chi connectivity index (χ2n) is 16.1. The SMILES string of the molecule is c1ccc(-c2sc3c(-c4ccccc4)nc(-n4c5ccc(-c6cccc7c6c6ccccc6n7-c6ccccc6)cc5c5ccc6ccccc6c54)nc3c2-c2ccccc2)cc1. The van der Waals surface area contributed by atoms with E-state index in [0.717, 1.165) is 76.6 Å². The van der Waals surface area contributed by atoms with Crippen molar-refractivity contribution in [1.29, 1.82) is 0 Å². The van der Waals surface area contributed by atoms with Gasteiger partial charge in [-0.15, -0.1) is 11.3 Å². The summed E-state index contributed by atoms with van der Waals surface area (Å²) in [7, 11) is 0. The van der Waals surface area contributed by atoms with Gasteiger partial charge in [-0.2, -0.15) is 0 Å². The summed E-state index contributed by atoms with van der Waals surface area (Å²) in [4.78, 5) is 12.5. The van der Waals surface area contributed by atoms with Gasteiger partial charge in [-0.3, -0.25) is 4.57 Å². The summed E-state index contributed by atoms with van der Waals surface area (Å²) in [6.45, 7) is 0. The fraction of sp³-hybridized carbons (Fsp3) is 0. The molecule has 0 unspecified atom stereocenters. The molecule has 0 N–H and O–H groups in total. The van der Waals surface area contributed by atoms with Gasteiger partial charge >= 0.3 is 0 Å². The average Bonchev–Trinajstić information content (AvgIpc) is 4.03. The summed E-state index contributed by atoms with van der Waals surface area (Å²) in [5.74, 6) is 0.646. The van der Waals surface area contributed by atoms with Crippen molar-refractivity contribution in [2.75, 3.05) is 0 Å². The summed E-state index contributed by atoms with van der Waals surface area (Å²) >= 11 is 1.77. The first-order chi connectivity index (χ1) is 31.3. The van der Waals surface area contributed by atoms with Gasteiger partial charge in [-0.1, -0.05) is 182 Å². The summed E-state index contributed by atoms with van der Waals surface area (Å²) in [5, 5.41) is 7.12. The van der Waals surface area contributed by atoms with Crippen molar-refractivity contribution in [2.45, 2.75) is 0 Å². The Morgan fingerprint density at radius 3 is 1.81 bits per heavy atom. The lowest BCUT2D eigenvalue weighted by Crippen LogP contribution is -2.03. The maximum Gasteiger partial charge on any atom is 0.235 e. The van der Waals surface area contributed by atoms with Crippen molar-refractivity contribution in [3.8, 4) is 55.6 Å². The fourth-order valence-electron chi connectivity index (χ4n) is 9.79. The highest BCUT2D eigenvalue weighted by atomic mass is 32.1. The third-order valence-corrected chi connectivity index (χ3v) is 13.8. The Balaban J connectivity index is 1.12. The minimum Gasteiger partial charge on any atom is -0.309 e. The maximum absolute atomic E-state index is 5.68. The molecular weight excluding hydrogens is 785 g/mol. The monoisotopic (exact) mass is 820 g/mol. The molecule has 0 aliphatic carbocycles. The zero-order chi connectivity index (χ0) is 41.4. The molecule has 13 rings (SSSR count). The van der Waals surface area contributed by atoms with Gasteiger partial charge in [0.25, 0.3) is 0 Å². The van der Waals surface area contributed by atoms with Crippen molar-refractivity contribution in [3.63, 3.8) is 0 Å². The Morgan fingerprint density at radius 1 is 0.397 bits per heavy atom. The zero-order valence-electron chi connectivity index (χ0n) is 34.0. The third-order valence-electron chi connectivity index (χ3n) is 12.5. The van der Waals surface area contributed by atoms with Crippen LogP contribution in [0.1, 0.15) is 0 Å². The molecule has 0 bridgehead atoms. The topological polar surface area (TPSA) is 35.6 Å². The number of para-hydroxylation sites is 2. The lowest BCUT2D eigenvalue weighted by Gasteiger charge is -2.12. The van der Waals surface area contributed by atoms with E-state index in [1.165, 1.54) is 37.6 Å². The first kappa shape index (κ1) is 35.6. The molecule has 63 heavy (non-hydrogen) atoms. The van der Waals surface area contributed by atoms with Crippen LogP contribution in [0.4, 0.5) is 0 Å². The summed E-state index contributed by atoms with van der Waals surface area (Å²) in [5.41, 5.74) is 14.4. The number of fused-ring (bicyclic) bond motifs is 9. The standard InChI is InChI=1S/C58H36N4S/c1-5-19-38(20-6-1)51-54-57(63-56(51)40-23-9-3-10-24-40)53(39-21-7-2-8-22-39)59-58(60-54)62-49-35-33-41(36-47(49)45-34-32-37-18-13-14-27-44(37)55(45)62)43-29-17-31-50-52(43)46-28-15-16-30-48(46)61(50)42-25-11-4-12-26-42/h1-36H. The molecule has 0 amide bonds. The highest BCUT2D eigenvalue weighted by molar-refractivity contribution is 7.23. The van der Waals surface area contributed by atoms with Crippen molar-refractivity contribution < 1.29 is 0 Å². The molecule has 0 atom stereocenters. The fourth-order valence-corrected chi connectivity index (χ4v) is 11.1. The van der Waals surface area contributed by atoms with Crippen LogP contribution >= 0.6 is 11.3 Å². The molecule has 294 valence electrons. The van der Waals surface area contributed by atoms with E-state index in [1.807, 2.05) is 0 Å². The molecule has 0 radical (unpaired) electrons. The Labute approximate surface area is 367 Å². The summed E-state index contributed by atoms with van der Waals surface area (Å²) < 4.78 is 5.78. The van der Waals surface area contributed by atoms with E-state index in [9.17, 15) is 0 Å². The molecule has 5 heteroatoms. The minimum atomic E-state index is 0.646. The summed E-state index contributed by atoms with van der Waals surface area (Å²) in [6, 6.07) is 78.3. The normalized spacial score (nSPS) is 11.8. The molecule has 0 fully saturated rings. The molecule has 4 aromatic heterocycles. The van der Waals surface area contributed by atoms with E-state index in [-0.39, 0.29) is 0 Å². The molecule has 13 aromatic rings. The summed E-state index contributed by atoms with van der Waals surface area (Å²) in [6.07, 6.45) is 0. The van der Waals surface area contributed by atoms with Crippen LogP contribution in [0.2, 0.25) is 0 Å². The third kappa shape index (κ3) is 5.53. The van der Waals surface area contributed by atoms with Crippen LogP contribution in [-0.2, 0) is 0 Å². The van der Waals surface area contributed by atoms with Crippen LogP contribution in [0.15, 0.2) is 218 Å². The molecule has 4 heterocycles. The van der Waals surface area contributed by atoms with Crippen LogP contribution in [0, 0.1) is 0 Å². The van der Waals surface area contributed by atoms with Gasteiger partial charge in [0.2, 0.25) is 5.95 Å². The lowest BCUT2D eigenvalue weighted by atomic mass is 9.97. The maximum atomic E-state index is 5.68. The van der Waals surface area contributed by atoms with E-state index in [0.29, 0.717) is 5.95 Å². The van der Waals surface area contributed by atoms with Gasteiger partial charge in [-0.05, 0) is 64.0 Å². The number of aromatic nitrogens is 4. The van der Waals surface area contributed by atoms with Crippen LogP contribution in [-0.4, -0.2) is 19.1 Å². The molecule has 0 aliphatic heterocycles. The van der Waals surface area contributed by atoms with E-state index < -0.39 is 0 Å². The Bertz CT molecular complexity index is 3890. The molecule has 4 nitrogen and oxygen atoms in total. The Morgan fingerprint density at radius 2 is 1.03 bits per heavy atom. The number of hydrogen-bond acceptors (Lipinski definition) is 3. The van der Waals surface area contributed by atoms with Crippen LogP contribution in [0.5, 0.6) is 0 Å². The van der Waals surface area contributed by atoms with E-state index in [1.54, 1.807) is 11.3 Å². The first-order valence-corrected chi connectivity index (χ1v) is 22.2. The predicted molar refractivity (Wildman–Crippen MR) is 265 cm³/mol. The zero-order valence-corrected chi connectivity index (χ0v) is 34.8. The quantitative estimate of drug-likeness (QED) is 0.167. The number of benzene rings is 9. The van der Waals surface area contributed by atoms with Gasteiger partial charge in [0.15, 0.2) is 0 Å². The van der Waals surface area contributed by atoms with E-state index in [4.69, 9.17) is 9.97 Å². The lowest BCUT2D eigenvalue weighted by molar-refractivity contribution is 1.02. The van der Waals surface area contributed by atoms with Gasteiger partial charge in [0.05, 0.1) is 38.0 Å². The molecule has 0 aliphatic rings. The van der Waals surface area contributed by atoms with Crippen LogP contribution < -0.4 is 0 Å². The van der Waals surface area contributed by atoms with Crippen LogP contribution in [0.3, 0.4) is 0 Å². The molecular formula is C58H36N4S.